The minimum atomic E-state index is -5.52. The van der Waals surface area contributed by atoms with Crippen molar-refractivity contribution in [2.45, 2.75) is 26.5 Å². The number of fused-ring (bicyclic) bond motifs is 1. The highest BCUT2D eigenvalue weighted by Crippen LogP contribution is 2.51. The van der Waals surface area contributed by atoms with Crippen molar-refractivity contribution in [1.29, 1.82) is 0 Å². The number of nitro groups is 1. The molecule has 0 unspecified atom stereocenters. The van der Waals surface area contributed by atoms with Crippen molar-refractivity contribution in [2.24, 2.45) is 30.7 Å². The van der Waals surface area contributed by atoms with Gasteiger partial charge in [-0.25, -0.2) is 0 Å². The molecular formula is C34H30N8O21S4. The predicted molar refractivity (Wildman–Crippen MR) is 225 cm³/mol. The van der Waals surface area contributed by atoms with Gasteiger partial charge in [-0.3, -0.25) is 33.1 Å². The molecule has 0 aliphatic carbocycles. The van der Waals surface area contributed by atoms with Gasteiger partial charge in [0.25, 0.3) is 46.2 Å². The van der Waals surface area contributed by atoms with Crippen LogP contribution in [0.2, 0.25) is 0 Å². The summed E-state index contributed by atoms with van der Waals surface area (Å²) >= 11 is 0. The molecule has 5 rings (SSSR count). The smallest absolute Gasteiger partial charge is 0.297 e. The van der Waals surface area contributed by atoms with Crippen molar-refractivity contribution >= 4 is 103 Å². The number of aliphatic hydroxyl groups is 2. The van der Waals surface area contributed by atoms with Crippen LogP contribution in [0.3, 0.4) is 0 Å². The second-order valence-electron chi connectivity index (χ2n) is 12.9. The number of rotatable bonds is 18. The number of ether oxygens (including phenoxy) is 2. The quantitative estimate of drug-likeness (QED) is 0.0239. The number of carbonyl (C=O) groups excluding carboxylic acids is 1. The lowest BCUT2D eigenvalue weighted by Gasteiger charge is -2.14. The van der Waals surface area contributed by atoms with Gasteiger partial charge in [0.2, 0.25) is 5.91 Å². The number of benzene rings is 5. The summed E-state index contributed by atoms with van der Waals surface area (Å²) < 4.78 is 149. The Hall–Kier alpha value is -7.21. The number of nitro benzene ring substituents is 1. The van der Waals surface area contributed by atoms with Crippen LogP contribution in [0.4, 0.5) is 45.5 Å². The van der Waals surface area contributed by atoms with Crippen LogP contribution in [0.5, 0.6) is 23.0 Å². The van der Waals surface area contributed by atoms with Gasteiger partial charge in [0.1, 0.15) is 78.4 Å². The molecule has 33 heteroatoms. The number of hydrogen-bond acceptors (Lipinski definition) is 23. The van der Waals surface area contributed by atoms with Crippen molar-refractivity contribution in [1.82, 2.24) is 0 Å². The molecule has 5 aromatic carbocycles. The highest BCUT2D eigenvalue weighted by atomic mass is 32.2. The fourth-order valence-electron chi connectivity index (χ4n) is 5.59. The van der Waals surface area contributed by atoms with E-state index in [0.717, 1.165) is 31.2 Å². The highest BCUT2D eigenvalue weighted by Gasteiger charge is 2.30. The average Bonchev–Trinajstić information content (AvgIpc) is 3.22. The third-order valence-electron chi connectivity index (χ3n) is 8.32. The average molecular weight is 1010 g/mol. The van der Waals surface area contributed by atoms with Gasteiger partial charge in [0, 0.05) is 36.9 Å². The first kappa shape index (κ1) is 50.8. The maximum absolute atomic E-state index is 12.7. The fourth-order valence-corrected chi connectivity index (χ4v) is 8.20. The number of hydrogen-bond donors (Lipinski definition) is 9. The van der Waals surface area contributed by atoms with E-state index in [1.807, 2.05) is 0 Å². The number of nitrogens with zero attached hydrogens (tertiary/aromatic N) is 7. The topological polar surface area (TPSA) is 463 Å². The van der Waals surface area contributed by atoms with Gasteiger partial charge in [-0.15, -0.1) is 30.7 Å². The van der Waals surface area contributed by atoms with Gasteiger partial charge in [-0.05, 0) is 41.8 Å². The maximum Gasteiger partial charge on any atom is 0.297 e. The van der Waals surface area contributed by atoms with Gasteiger partial charge >= 0.3 is 0 Å². The number of aromatic hydroxyl groups is 2. The van der Waals surface area contributed by atoms with E-state index in [-0.39, 0.29) is 17.1 Å². The van der Waals surface area contributed by atoms with Crippen molar-refractivity contribution in [3.8, 4) is 23.0 Å². The molecular weight excluding hydrogens is 985 g/mol. The SMILES string of the molecule is CC(=O)Nc1ccc(N=Nc2cc(OCCO)c(N=Nc3c(S(=O)(=O)O)cc4cc(S(=O)(=O)O)c(N=Nc5ccc([N+](=O)[O-])cc5S(=O)(=O)O)c(O)c4c3O)cc2OCCO)c(S(=O)(=O)O)c1. The number of phenols is 2. The molecule has 0 saturated carbocycles. The van der Waals surface area contributed by atoms with Crippen LogP contribution in [-0.4, -0.2) is 110 Å². The van der Waals surface area contributed by atoms with E-state index in [2.05, 4.69) is 36.0 Å². The molecule has 0 bridgehead atoms. The number of nitrogens with one attached hydrogen (secondary N) is 1. The van der Waals surface area contributed by atoms with E-state index in [9.17, 15) is 87.2 Å². The second-order valence-corrected chi connectivity index (χ2v) is 18.5. The van der Waals surface area contributed by atoms with Crippen LogP contribution in [0.1, 0.15) is 6.92 Å². The molecule has 1 amide bonds. The minimum absolute atomic E-state index is 0.0457. The lowest BCUT2D eigenvalue weighted by Crippen LogP contribution is -2.07. The summed E-state index contributed by atoms with van der Waals surface area (Å²) in [7, 11) is -21.3. The number of anilines is 1. The molecule has 0 aromatic heterocycles. The standard InChI is InChI=1S/C34H30N8O21S4/c1-16(45)35-18-2-4-20(26(12-18)64(50,51)52)36-38-22-14-25(63-9-7-44)23(15-24(22)62-8-6-43)39-41-32-29(67(59,60)61)11-17-10-28(66(56,57)58)31(33(46)30(17)34(32)47)40-37-21-5-3-19(42(48)49)13-27(21)65(53,54)55/h2-5,10-15,43-44,46-47H,6-9H2,1H3,(H,35,45)(H,50,51,52)(H,53,54,55)(H,56,57,58)(H,59,60,61). The number of phenolic OH excluding ortho intramolecular Hbond substituents is 2. The molecule has 0 spiro atoms. The predicted octanol–water partition coefficient (Wildman–Crippen LogP) is 5.09. The molecule has 0 atom stereocenters. The molecule has 9 N–H and O–H groups in total. The summed E-state index contributed by atoms with van der Waals surface area (Å²) in [6.07, 6.45) is 0. The lowest BCUT2D eigenvalue weighted by atomic mass is 10.1. The van der Waals surface area contributed by atoms with E-state index in [1.54, 1.807) is 0 Å². The zero-order chi connectivity index (χ0) is 49.8. The Morgan fingerprint density at radius 1 is 0.597 bits per heavy atom. The van der Waals surface area contributed by atoms with Gasteiger partial charge in [0.15, 0.2) is 11.5 Å². The zero-order valence-electron chi connectivity index (χ0n) is 33.3. The molecule has 0 radical (unpaired) electrons. The molecule has 0 fully saturated rings. The summed E-state index contributed by atoms with van der Waals surface area (Å²) in [5.74, 6) is -4.17. The van der Waals surface area contributed by atoms with Crippen LogP contribution in [0, 0.1) is 10.1 Å². The summed E-state index contributed by atoms with van der Waals surface area (Å²) in [6, 6.07) is 7.69. The second kappa shape index (κ2) is 19.7. The number of non-ortho nitro benzene ring substituents is 1. The molecule has 0 aliphatic rings. The van der Waals surface area contributed by atoms with Crippen molar-refractivity contribution < 1.29 is 91.5 Å². The van der Waals surface area contributed by atoms with Gasteiger partial charge in [0.05, 0.1) is 23.5 Å². The van der Waals surface area contributed by atoms with E-state index in [4.69, 9.17) is 9.47 Å². The van der Waals surface area contributed by atoms with E-state index in [0.29, 0.717) is 30.3 Å². The number of azo groups is 3. The Bertz CT molecular complexity index is 3400. The van der Waals surface area contributed by atoms with Crippen LogP contribution in [0.25, 0.3) is 10.8 Å². The first-order valence-electron chi connectivity index (χ1n) is 17.7. The molecule has 67 heavy (non-hydrogen) atoms. The number of amides is 1. The fraction of sp³-hybridized carbons (Fsp3) is 0.147. The van der Waals surface area contributed by atoms with Crippen molar-refractivity contribution in [2.75, 3.05) is 31.7 Å². The van der Waals surface area contributed by atoms with Crippen LogP contribution >= 0.6 is 0 Å². The molecule has 0 heterocycles. The summed E-state index contributed by atoms with van der Waals surface area (Å²) in [6.45, 7) is -1.07. The molecule has 29 nitrogen and oxygen atoms in total. The third-order valence-corrected chi connectivity index (χ3v) is 11.8. The first-order valence-corrected chi connectivity index (χ1v) is 23.5. The zero-order valence-corrected chi connectivity index (χ0v) is 36.5. The normalized spacial score (nSPS) is 12.6. The first-order chi connectivity index (χ1) is 31.1. The Morgan fingerprint density at radius 3 is 1.42 bits per heavy atom. The highest BCUT2D eigenvalue weighted by molar-refractivity contribution is 7.86. The molecule has 356 valence electrons. The number of aliphatic hydroxyl groups excluding tert-OH is 2. The van der Waals surface area contributed by atoms with Gasteiger partial charge in [-0.1, -0.05) is 0 Å². The summed E-state index contributed by atoms with van der Waals surface area (Å²) in [5, 5.41) is 75.8. The van der Waals surface area contributed by atoms with Crippen LogP contribution < -0.4 is 14.8 Å². The van der Waals surface area contributed by atoms with Gasteiger partial charge in [-0.2, -0.15) is 33.7 Å². The Balaban J connectivity index is 1.74. The van der Waals surface area contributed by atoms with Crippen LogP contribution in [0.15, 0.2) is 111 Å². The molecule has 0 aliphatic heterocycles. The van der Waals surface area contributed by atoms with Crippen molar-refractivity contribution in [3.05, 3.63) is 70.8 Å². The molecule has 5 aromatic rings. The van der Waals surface area contributed by atoms with E-state index < -0.39 is 159 Å². The Kier molecular flexibility index (Phi) is 14.9. The van der Waals surface area contributed by atoms with Crippen LogP contribution in [-0.2, 0) is 45.3 Å². The summed E-state index contributed by atoms with van der Waals surface area (Å²) in [5.41, 5.74) is -5.54. The third kappa shape index (κ3) is 12.0. The summed E-state index contributed by atoms with van der Waals surface area (Å²) in [4.78, 5) is 16.9. The van der Waals surface area contributed by atoms with E-state index >= 15 is 0 Å². The minimum Gasteiger partial charge on any atom is -0.505 e. The van der Waals surface area contributed by atoms with Gasteiger partial charge < -0.3 is 35.2 Å². The Morgan fingerprint density at radius 2 is 1.00 bits per heavy atom. The maximum atomic E-state index is 12.7. The monoisotopic (exact) mass is 1010 g/mol. The largest absolute Gasteiger partial charge is 0.505 e. The van der Waals surface area contributed by atoms with E-state index in [1.165, 1.54) is 6.07 Å². The lowest BCUT2D eigenvalue weighted by molar-refractivity contribution is -0.385. The molecule has 0 saturated heterocycles. The van der Waals surface area contributed by atoms with Crippen molar-refractivity contribution in [3.63, 3.8) is 0 Å². The number of carbonyl (C=O) groups is 1. The Labute approximate surface area is 375 Å².